The van der Waals surface area contributed by atoms with Crippen molar-refractivity contribution in [2.24, 2.45) is 0 Å². The maximum atomic E-state index is 6.28. The molecule has 0 unspecified atom stereocenters. The van der Waals surface area contributed by atoms with Crippen LogP contribution in [0.15, 0.2) is 168 Å². The number of rotatable bonds is 4. The van der Waals surface area contributed by atoms with E-state index in [9.17, 15) is 0 Å². The first-order valence-corrected chi connectivity index (χ1v) is 15.9. The van der Waals surface area contributed by atoms with Crippen LogP contribution in [0.25, 0.3) is 88.7 Å². The minimum Gasteiger partial charge on any atom is -0.423 e. The Balaban J connectivity index is 1.20. The third-order valence-corrected chi connectivity index (χ3v) is 9.37. The summed E-state index contributed by atoms with van der Waals surface area (Å²) >= 11 is 0. The van der Waals surface area contributed by atoms with Crippen LogP contribution in [0.1, 0.15) is 0 Å². The first-order chi connectivity index (χ1) is 23.3. The highest BCUT2D eigenvalue weighted by atomic mass is 16.4. The summed E-state index contributed by atoms with van der Waals surface area (Å²) in [6.45, 7) is 0. The highest BCUT2D eigenvalue weighted by molar-refractivity contribution is 6.17. The lowest BCUT2D eigenvalue weighted by molar-refractivity contribution is 0.574. The Bertz CT molecular complexity index is 2770. The Morgan fingerprint density at radius 2 is 1.11 bits per heavy atom. The molecule has 0 saturated heterocycles. The summed E-state index contributed by atoms with van der Waals surface area (Å²) in [7, 11) is 0. The van der Waals surface area contributed by atoms with Gasteiger partial charge in [-0.05, 0) is 76.9 Å². The lowest BCUT2D eigenvalue weighted by Crippen LogP contribution is -1.94. The van der Waals surface area contributed by atoms with Gasteiger partial charge in [-0.1, -0.05) is 109 Å². The number of para-hydroxylation sites is 4. The number of hydrogen-bond donors (Lipinski definition) is 0. The second-order valence-corrected chi connectivity index (χ2v) is 12.0. The second kappa shape index (κ2) is 10.1. The van der Waals surface area contributed by atoms with Gasteiger partial charge in [0.15, 0.2) is 5.58 Å². The van der Waals surface area contributed by atoms with Crippen LogP contribution in [-0.2, 0) is 0 Å². The van der Waals surface area contributed by atoms with Crippen molar-refractivity contribution in [2.45, 2.75) is 0 Å². The molecule has 4 nitrogen and oxygen atoms in total. The second-order valence-electron chi connectivity index (χ2n) is 12.0. The molecule has 0 fully saturated rings. The minimum atomic E-state index is 0.577. The van der Waals surface area contributed by atoms with Crippen LogP contribution in [0.4, 0.5) is 0 Å². The Morgan fingerprint density at radius 3 is 1.98 bits per heavy atom. The van der Waals surface area contributed by atoms with Crippen LogP contribution >= 0.6 is 0 Å². The van der Waals surface area contributed by atoms with Gasteiger partial charge in [0.25, 0.3) is 0 Å². The lowest BCUT2D eigenvalue weighted by atomic mass is 9.98. The summed E-state index contributed by atoms with van der Waals surface area (Å²) in [6.07, 6.45) is 0. The number of aromatic nitrogens is 3. The summed E-state index contributed by atoms with van der Waals surface area (Å²) in [4.78, 5) is 4.86. The summed E-state index contributed by atoms with van der Waals surface area (Å²) in [5, 5.41) is 4.81. The summed E-state index contributed by atoms with van der Waals surface area (Å²) in [6, 6.07) is 58.6. The van der Waals surface area contributed by atoms with Crippen LogP contribution in [0.2, 0.25) is 0 Å². The average Bonchev–Trinajstić information content (AvgIpc) is 3.81. The van der Waals surface area contributed by atoms with E-state index in [1.54, 1.807) is 0 Å². The number of nitrogens with zero attached hydrogens (tertiary/aromatic N) is 3. The van der Waals surface area contributed by atoms with Crippen molar-refractivity contribution in [2.75, 3.05) is 0 Å². The van der Waals surface area contributed by atoms with Crippen LogP contribution in [0.5, 0.6) is 0 Å². The zero-order valence-corrected chi connectivity index (χ0v) is 25.3. The third-order valence-electron chi connectivity index (χ3n) is 9.37. The van der Waals surface area contributed by atoms with E-state index in [-0.39, 0.29) is 0 Å². The van der Waals surface area contributed by atoms with Gasteiger partial charge in [0, 0.05) is 27.2 Å². The van der Waals surface area contributed by atoms with E-state index in [1.807, 2.05) is 24.3 Å². The molecular formula is C43H27N3O. The van der Waals surface area contributed by atoms with Gasteiger partial charge in [0.1, 0.15) is 5.52 Å². The van der Waals surface area contributed by atoms with Crippen molar-refractivity contribution < 1.29 is 4.42 Å². The monoisotopic (exact) mass is 601 g/mol. The molecule has 4 heteroatoms. The fraction of sp³-hybridized carbons (Fsp3) is 0. The Morgan fingerprint density at radius 1 is 0.426 bits per heavy atom. The quantitative estimate of drug-likeness (QED) is 0.201. The van der Waals surface area contributed by atoms with Crippen molar-refractivity contribution in [3.8, 4) is 34.0 Å². The van der Waals surface area contributed by atoms with Crippen LogP contribution in [0, 0.1) is 0 Å². The molecule has 0 bridgehead atoms. The fourth-order valence-corrected chi connectivity index (χ4v) is 7.30. The maximum Gasteiger partial charge on any atom is 0.307 e. The molecule has 7 aromatic carbocycles. The topological polar surface area (TPSA) is 35.9 Å². The van der Waals surface area contributed by atoms with Gasteiger partial charge in [0.05, 0.1) is 22.1 Å². The Hall–Kier alpha value is -6.39. The van der Waals surface area contributed by atoms with Gasteiger partial charge in [0.2, 0.25) is 0 Å². The standard InChI is InChI=1S/C43H27N3O/c1-2-12-28(13-3-1)29-14-10-15-31(26-29)45-38-21-8-5-17-34(38)42-32(18-11-22-40(42)45)30-24-25-39-35(27-30)33-16-4-7-20-37(33)46(39)43-44-36-19-6-9-23-41(36)47-43/h1-27H. The van der Waals surface area contributed by atoms with E-state index < -0.39 is 0 Å². The van der Waals surface area contributed by atoms with E-state index in [0.29, 0.717) is 6.01 Å². The molecule has 0 saturated carbocycles. The van der Waals surface area contributed by atoms with E-state index in [4.69, 9.17) is 9.40 Å². The van der Waals surface area contributed by atoms with Crippen molar-refractivity contribution in [3.63, 3.8) is 0 Å². The molecule has 10 rings (SSSR count). The van der Waals surface area contributed by atoms with Crippen LogP contribution < -0.4 is 0 Å². The molecule has 220 valence electrons. The van der Waals surface area contributed by atoms with Crippen molar-refractivity contribution in [3.05, 3.63) is 164 Å². The SMILES string of the molecule is c1ccc(-c2cccc(-n3c4ccccc4c4c(-c5ccc6c(c5)c5ccccc5n6-c5nc6ccccc6o5)cccc43)c2)cc1. The summed E-state index contributed by atoms with van der Waals surface area (Å²) < 4.78 is 10.8. The normalized spacial score (nSPS) is 11.8. The minimum absolute atomic E-state index is 0.577. The van der Waals surface area contributed by atoms with Gasteiger partial charge in [-0.2, -0.15) is 4.98 Å². The summed E-state index contributed by atoms with van der Waals surface area (Å²) in [5.74, 6) is 0. The van der Waals surface area contributed by atoms with Crippen molar-refractivity contribution in [1.29, 1.82) is 0 Å². The first-order valence-electron chi connectivity index (χ1n) is 15.9. The number of benzene rings is 7. The molecule has 0 radical (unpaired) electrons. The fourth-order valence-electron chi connectivity index (χ4n) is 7.30. The molecule has 0 N–H and O–H groups in total. The van der Waals surface area contributed by atoms with Gasteiger partial charge in [-0.3, -0.25) is 4.57 Å². The van der Waals surface area contributed by atoms with Crippen molar-refractivity contribution >= 4 is 54.7 Å². The molecule has 0 aliphatic rings. The Labute approximate surface area is 270 Å². The van der Waals surface area contributed by atoms with E-state index in [1.165, 1.54) is 49.4 Å². The Kier molecular flexibility index (Phi) is 5.54. The summed E-state index contributed by atoms with van der Waals surface area (Å²) in [5.41, 5.74) is 12.1. The number of fused-ring (bicyclic) bond motifs is 7. The molecule has 3 aromatic heterocycles. The third kappa shape index (κ3) is 3.92. The van der Waals surface area contributed by atoms with Gasteiger partial charge in [-0.25, -0.2) is 0 Å². The van der Waals surface area contributed by atoms with Gasteiger partial charge in [-0.15, -0.1) is 0 Å². The van der Waals surface area contributed by atoms with Crippen LogP contribution in [0.3, 0.4) is 0 Å². The van der Waals surface area contributed by atoms with Gasteiger partial charge < -0.3 is 8.98 Å². The zero-order valence-electron chi connectivity index (χ0n) is 25.3. The zero-order chi connectivity index (χ0) is 30.9. The smallest absolute Gasteiger partial charge is 0.307 e. The first kappa shape index (κ1) is 25.9. The molecule has 0 aliphatic heterocycles. The predicted molar refractivity (Wildman–Crippen MR) is 194 cm³/mol. The molecular weight excluding hydrogens is 574 g/mol. The van der Waals surface area contributed by atoms with E-state index >= 15 is 0 Å². The van der Waals surface area contributed by atoms with E-state index in [2.05, 4.69) is 149 Å². The number of hydrogen-bond acceptors (Lipinski definition) is 2. The lowest BCUT2D eigenvalue weighted by Gasteiger charge is -2.11. The molecule has 0 atom stereocenters. The van der Waals surface area contributed by atoms with Gasteiger partial charge >= 0.3 is 6.01 Å². The van der Waals surface area contributed by atoms with Crippen LogP contribution in [-0.4, -0.2) is 14.1 Å². The predicted octanol–water partition coefficient (Wildman–Crippen LogP) is 11.4. The van der Waals surface area contributed by atoms with Crippen molar-refractivity contribution in [1.82, 2.24) is 14.1 Å². The highest BCUT2D eigenvalue weighted by Crippen LogP contribution is 2.41. The average molecular weight is 602 g/mol. The molecule has 10 aromatic rings. The molecule has 3 heterocycles. The number of oxazole rings is 1. The van der Waals surface area contributed by atoms with E-state index in [0.717, 1.165) is 33.2 Å². The largest absolute Gasteiger partial charge is 0.423 e. The molecule has 0 aliphatic carbocycles. The highest BCUT2D eigenvalue weighted by Gasteiger charge is 2.20. The molecule has 47 heavy (non-hydrogen) atoms. The maximum absolute atomic E-state index is 6.28. The molecule has 0 spiro atoms. The molecule has 0 amide bonds.